The molecule has 80 valence electrons. The smallest absolute Gasteiger partial charge is 0.315 e. The van der Waals surface area contributed by atoms with Crippen molar-refractivity contribution in [3.8, 4) is 0 Å². The van der Waals surface area contributed by atoms with Gasteiger partial charge in [0.1, 0.15) is 0 Å². The fraction of sp³-hybridized carbons (Fsp3) is 1.00. The highest BCUT2D eigenvalue weighted by Crippen LogP contribution is 2.17. The minimum atomic E-state index is -4.10. The van der Waals surface area contributed by atoms with Gasteiger partial charge >= 0.3 is 6.18 Å². The van der Waals surface area contributed by atoms with E-state index in [2.05, 4.69) is 5.32 Å². The lowest BCUT2D eigenvalue weighted by atomic mass is 10.4. The second-order valence-electron chi connectivity index (χ2n) is 2.55. The highest BCUT2D eigenvalue weighted by molar-refractivity contribution is 7.84. The fourth-order valence-electron chi connectivity index (χ4n) is 0.685. The molecule has 0 rings (SSSR count). The first-order chi connectivity index (χ1) is 5.95. The van der Waals surface area contributed by atoms with Gasteiger partial charge in [-0.25, -0.2) is 0 Å². The molecule has 1 unspecified atom stereocenters. The molecule has 0 aromatic rings. The maximum atomic E-state index is 11.6. The number of rotatable bonds is 6. The molecule has 0 bridgehead atoms. The summed E-state index contributed by atoms with van der Waals surface area (Å²) in [5.41, 5.74) is 0. The summed E-state index contributed by atoms with van der Waals surface area (Å²) in [6.45, 7) is 2.08. The molecule has 0 saturated carbocycles. The first-order valence-corrected chi connectivity index (χ1v) is 5.57. The van der Waals surface area contributed by atoms with E-state index in [9.17, 15) is 17.4 Å². The molecular weight excluding hydrogens is 203 g/mol. The summed E-state index contributed by atoms with van der Waals surface area (Å²) in [4.78, 5) is 0. The fourth-order valence-corrected chi connectivity index (χ4v) is 1.35. The normalized spacial score (nSPS) is 14.5. The Balaban J connectivity index is 3.22. The molecule has 0 heterocycles. The quantitative estimate of drug-likeness (QED) is 0.679. The largest absolute Gasteiger partial charge is 0.390 e. The van der Waals surface area contributed by atoms with Crippen LogP contribution in [0.15, 0.2) is 0 Å². The summed E-state index contributed by atoms with van der Waals surface area (Å²) in [5.74, 6) is 0.981. The van der Waals surface area contributed by atoms with Gasteiger partial charge < -0.3 is 5.32 Å². The number of halogens is 3. The van der Waals surface area contributed by atoms with E-state index in [0.29, 0.717) is 18.1 Å². The third-order valence-electron chi connectivity index (χ3n) is 1.41. The van der Waals surface area contributed by atoms with Crippen LogP contribution in [-0.2, 0) is 10.8 Å². The molecular formula is C7H14F3NOS. The predicted molar refractivity (Wildman–Crippen MR) is 47.1 cm³/mol. The summed E-state index contributed by atoms with van der Waals surface area (Å²) >= 11 is 0. The molecule has 13 heavy (non-hydrogen) atoms. The Labute approximate surface area is 78.3 Å². The van der Waals surface area contributed by atoms with E-state index >= 15 is 0 Å². The topological polar surface area (TPSA) is 29.1 Å². The van der Waals surface area contributed by atoms with Crippen LogP contribution >= 0.6 is 0 Å². The van der Waals surface area contributed by atoms with Crippen molar-refractivity contribution >= 4 is 10.8 Å². The third kappa shape index (κ3) is 9.82. The summed E-state index contributed by atoms with van der Waals surface area (Å²) in [6.07, 6.45) is -4.93. The maximum absolute atomic E-state index is 11.6. The average Bonchev–Trinajstić information content (AvgIpc) is 2.01. The van der Waals surface area contributed by atoms with E-state index in [0.717, 1.165) is 0 Å². The molecule has 0 aromatic carbocycles. The lowest BCUT2D eigenvalue weighted by molar-refractivity contribution is -0.133. The van der Waals surface area contributed by atoms with E-state index in [1.54, 1.807) is 6.92 Å². The van der Waals surface area contributed by atoms with Crippen LogP contribution in [0.2, 0.25) is 0 Å². The molecule has 0 aliphatic rings. The van der Waals surface area contributed by atoms with Crippen molar-refractivity contribution in [2.75, 3.05) is 24.6 Å². The van der Waals surface area contributed by atoms with Gasteiger partial charge in [-0.2, -0.15) is 13.2 Å². The zero-order valence-corrected chi connectivity index (χ0v) is 8.30. The van der Waals surface area contributed by atoms with Gasteiger partial charge in [-0.1, -0.05) is 6.92 Å². The van der Waals surface area contributed by atoms with Crippen molar-refractivity contribution in [3.63, 3.8) is 0 Å². The standard InChI is InChI=1S/C7H14F3NOS/c1-2-13(12)6-5-11-4-3-7(8,9)10/h11H,2-6H2,1H3. The minimum Gasteiger partial charge on any atom is -0.315 e. The second-order valence-corrected chi connectivity index (χ2v) is 4.41. The van der Waals surface area contributed by atoms with Crippen LogP contribution in [0, 0.1) is 0 Å². The van der Waals surface area contributed by atoms with Crippen LogP contribution in [0.4, 0.5) is 13.2 Å². The Hall–Kier alpha value is -0.100. The van der Waals surface area contributed by atoms with Crippen molar-refractivity contribution in [1.82, 2.24) is 5.32 Å². The van der Waals surface area contributed by atoms with Crippen molar-refractivity contribution in [1.29, 1.82) is 0 Å². The van der Waals surface area contributed by atoms with Crippen LogP contribution in [-0.4, -0.2) is 35.0 Å². The summed E-state index contributed by atoms with van der Waals surface area (Å²) in [6, 6.07) is 0. The van der Waals surface area contributed by atoms with E-state index in [4.69, 9.17) is 0 Å². The van der Waals surface area contributed by atoms with Crippen molar-refractivity contribution < 1.29 is 17.4 Å². The van der Waals surface area contributed by atoms with Crippen molar-refractivity contribution in [2.24, 2.45) is 0 Å². The molecule has 1 N–H and O–H groups in total. The van der Waals surface area contributed by atoms with Gasteiger partial charge in [0.05, 0.1) is 6.42 Å². The van der Waals surface area contributed by atoms with Crippen molar-refractivity contribution in [3.05, 3.63) is 0 Å². The van der Waals surface area contributed by atoms with E-state index < -0.39 is 23.4 Å². The van der Waals surface area contributed by atoms with Crippen LogP contribution in [0.1, 0.15) is 13.3 Å². The lowest BCUT2D eigenvalue weighted by Gasteiger charge is -2.06. The monoisotopic (exact) mass is 217 g/mol. The Bertz CT molecular complexity index is 160. The Morgan fingerprint density at radius 2 is 1.92 bits per heavy atom. The van der Waals surface area contributed by atoms with E-state index in [1.165, 1.54) is 0 Å². The van der Waals surface area contributed by atoms with Crippen LogP contribution in [0.5, 0.6) is 0 Å². The van der Waals surface area contributed by atoms with Crippen LogP contribution < -0.4 is 5.32 Å². The molecule has 0 radical (unpaired) electrons. The lowest BCUT2D eigenvalue weighted by Crippen LogP contribution is -2.25. The van der Waals surface area contributed by atoms with Gasteiger partial charge in [-0.3, -0.25) is 4.21 Å². The first kappa shape index (κ1) is 12.9. The summed E-state index contributed by atoms with van der Waals surface area (Å²) in [7, 11) is -0.895. The molecule has 0 aliphatic heterocycles. The number of nitrogens with one attached hydrogen (secondary N) is 1. The maximum Gasteiger partial charge on any atom is 0.390 e. The number of hydrogen-bond acceptors (Lipinski definition) is 2. The van der Waals surface area contributed by atoms with Gasteiger partial charge in [-0.15, -0.1) is 0 Å². The SMILES string of the molecule is CCS(=O)CCNCCC(F)(F)F. The highest BCUT2D eigenvalue weighted by atomic mass is 32.2. The van der Waals surface area contributed by atoms with Crippen LogP contribution in [0.3, 0.4) is 0 Å². The molecule has 0 amide bonds. The van der Waals surface area contributed by atoms with Crippen molar-refractivity contribution in [2.45, 2.75) is 19.5 Å². The van der Waals surface area contributed by atoms with Gasteiger partial charge in [0.25, 0.3) is 0 Å². The molecule has 0 aromatic heterocycles. The molecule has 1 atom stereocenters. The number of hydrogen-bond donors (Lipinski definition) is 1. The molecule has 2 nitrogen and oxygen atoms in total. The van der Waals surface area contributed by atoms with E-state index in [1.807, 2.05) is 0 Å². The zero-order chi connectivity index (χ0) is 10.3. The molecule has 0 saturated heterocycles. The molecule has 0 fully saturated rings. The van der Waals surface area contributed by atoms with Gasteiger partial charge in [0.2, 0.25) is 0 Å². The van der Waals surface area contributed by atoms with E-state index in [-0.39, 0.29) is 6.54 Å². The molecule has 0 spiro atoms. The number of alkyl halides is 3. The average molecular weight is 217 g/mol. The molecule has 6 heteroatoms. The van der Waals surface area contributed by atoms with Gasteiger partial charge in [0.15, 0.2) is 0 Å². The Morgan fingerprint density at radius 3 is 2.38 bits per heavy atom. The van der Waals surface area contributed by atoms with Gasteiger partial charge in [0, 0.05) is 35.4 Å². The Kier molecular flexibility index (Phi) is 6.32. The van der Waals surface area contributed by atoms with Crippen LogP contribution in [0.25, 0.3) is 0 Å². The summed E-state index contributed by atoms with van der Waals surface area (Å²) < 4.78 is 45.6. The second kappa shape index (κ2) is 6.37. The third-order valence-corrected chi connectivity index (χ3v) is 2.72. The summed E-state index contributed by atoms with van der Waals surface area (Å²) in [5, 5.41) is 2.59. The molecule has 0 aliphatic carbocycles. The highest BCUT2D eigenvalue weighted by Gasteiger charge is 2.25. The predicted octanol–water partition coefficient (Wildman–Crippen LogP) is 1.30. The first-order valence-electron chi connectivity index (χ1n) is 4.08. The minimum absolute atomic E-state index is 0.0928. The zero-order valence-electron chi connectivity index (χ0n) is 7.49. The van der Waals surface area contributed by atoms with Gasteiger partial charge in [-0.05, 0) is 0 Å². The Morgan fingerprint density at radius 1 is 1.31 bits per heavy atom.